The molecule has 0 bridgehead atoms. The Kier molecular flexibility index (Phi) is 7.68. The van der Waals surface area contributed by atoms with Crippen molar-refractivity contribution < 1.29 is 22.7 Å². The zero-order valence-corrected chi connectivity index (χ0v) is 18.1. The number of piperidine rings is 1. The molecular formula is C20H30N4O5S. The van der Waals surface area contributed by atoms with Gasteiger partial charge in [0.1, 0.15) is 0 Å². The highest BCUT2D eigenvalue weighted by Crippen LogP contribution is 2.22. The second-order valence-corrected chi connectivity index (χ2v) is 9.42. The predicted octanol–water partition coefficient (Wildman–Crippen LogP) is 1.03. The van der Waals surface area contributed by atoms with Crippen molar-refractivity contribution in [2.24, 2.45) is 5.92 Å². The molecule has 2 fully saturated rings. The number of nitrogens with zero attached hydrogens (tertiary/aromatic N) is 3. The van der Waals surface area contributed by atoms with Crippen molar-refractivity contribution in [2.75, 3.05) is 45.9 Å². The van der Waals surface area contributed by atoms with E-state index < -0.39 is 16.3 Å². The van der Waals surface area contributed by atoms with Crippen LogP contribution in [0.5, 0.6) is 0 Å². The lowest BCUT2D eigenvalue weighted by atomic mass is 9.99. The minimum absolute atomic E-state index is 0.120. The number of piperazine rings is 1. The van der Waals surface area contributed by atoms with E-state index in [1.807, 2.05) is 30.3 Å². The molecule has 0 aliphatic carbocycles. The number of carbonyl (C=O) groups is 2. The van der Waals surface area contributed by atoms with Crippen molar-refractivity contribution in [2.45, 2.75) is 26.3 Å². The van der Waals surface area contributed by atoms with Crippen LogP contribution in [0, 0.1) is 5.92 Å². The van der Waals surface area contributed by atoms with Crippen LogP contribution in [0.15, 0.2) is 30.3 Å². The van der Waals surface area contributed by atoms with Gasteiger partial charge in [0, 0.05) is 45.8 Å². The van der Waals surface area contributed by atoms with Crippen molar-refractivity contribution in [1.82, 2.24) is 18.8 Å². The number of nitrogens with one attached hydrogen (secondary N) is 1. The summed E-state index contributed by atoms with van der Waals surface area (Å²) in [4.78, 5) is 25.9. The Labute approximate surface area is 178 Å². The van der Waals surface area contributed by atoms with Gasteiger partial charge >= 0.3 is 6.09 Å². The third kappa shape index (κ3) is 5.50. The van der Waals surface area contributed by atoms with Crippen molar-refractivity contribution in [3.63, 3.8) is 0 Å². The maximum absolute atomic E-state index is 13.1. The average Bonchev–Trinajstić information content (AvgIpc) is 2.78. The largest absolute Gasteiger partial charge is 0.450 e. The first-order valence-electron chi connectivity index (χ1n) is 10.4. The van der Waals surface area contributed by atoms with E-state index in [1.54, 1.807) is 6.92 Å². The Morgan fingerprint density at radius 1 is 1.07 bits per heavy atom. The molecule has 2 heterocycles. The third-order valence-electron chi connectivity index (χ3n) is 5.48. The van der Waals surface area contributed by atoms with Crippen LogP contribution in [0.25, 0.3) is 0 Å². The number of ether oxygens (including phenoxy) is 1. The highest BCUT2D eigenvalue weighted by atomic mass is 32.2. The molecule has 2 aliphatic rings. The first-order chi connectivity index (χ1) is 14.4. The van der Waals surface area contributed by atoms with E-state index in [2.05, 4.69) is 5.32 Å². The standard InChI is InChI=1S/C20H30N4O5S/c1-2-29-20(26)22-11-13-23(14-12-22)30(27,28)24-10-6-9-18(16-24)19(25)21-15-17-7-4-3-5-8-17/h3-5,7-8,18H,2,6,9-16H2,1H3,(H,21,25). The average molecular weight is 439 g/mol. The number of hydrogen-bond donors (Lipinski definition) is 1. The van der Waals surface area contributed by atoms with Gasteiger partial charge in [-0.15, -0.1) is 0 Å². The van der Waals surface area contributed by atoms with Crippen LogP contribution in [-0.4, -0.2) is 79.8 Å². The molecule has 1 unspecified atom stereocenters. The summed E-state index contributed by atoms with van der Waals surface area (Å²) in [5, 5.41) is 2.92. The fraction of sp³-hybridized carbons (Fsp3) is 0.600. The van der Waals surface area contributed by atoms with Crippen LogP contribution >= 0.6 is 0 Å². The molecule has 9 nitrogen and oxygen atoms in total. The predicted molar refractivity (Wildman–Crippen MR) is 112 cm³/mol. The van der Waals surface area contributed by atoms with Gasteiger partial charge in [0.15, 0.2) is 0 Å². The summed E-state index contributed by atoms with van der Waals surface area (Å²) >= 11 is 0. The van der Waals surface area contributed by atoms with Gasteiger partial charge in [-0.05, 0) is 25.3 Å². The lowest BCUT2D eigenvalue weighted by Crippen LogP contribution is -2.56. The molecule has 0 aromatic heterocycles. The number of amides is 2. The molecule has 2 saturated heterocycles. The zero-order chi connectivity index (χ0) is 21.6. The van der Waals surface area contributed by atoms with Gasteiger partial charge in [0.2, 0.25) is 5.91 Å². The molecule has 2 amide bonds. The maximum Gasteiger partial charge on any atom is 0.409 e. The molecule has 1 aromatic rings. The lowest BCUT2D eigenvalue weighted by molar-refractivity contribution is -0.126. The van der Waals surface area contributed by atoms with E-state index in [4.69, 9.17) is 4.74 Å². The van der Waals surface area contributed by atoms with Gasteiger partial charge in [-0.25, -0.2) is 4.79 Å². The van der Waals surface area contributed by atoms with Gasteiger partial charge in [-0.1, -0.05) is 30.3 Å². The number of benzene rings is 1. The van der Waals surface area contributed by atoms with E-state index >= 15 is 0 Å². The molecule has 3 rings (SSSR count). The van der Waals surface area contributed by atoms with E-state index in [1.165, 1.54) is 13.5 Å². The van der Waals surface area contributed by atoms with E-state index in [9.17, 15) is 18.0 Å². The maximum atomic E-state index is 13.1. The minimum Gasteiger partial charge on any atom is -0.450 e. The number of rotatable bonds is 6. The smallest absolute Gasteiger partial charge is 0.409 e. The van der Waals surface area contributed by atoms with Crippen LogP contribution in [0.3, 0.4) is 0 Å². The molecule has 30 heavy (non-hydrogen) atoms. The topological polar surface area (TPSA) is 99.3 Å². The minimum atomic E-state index is -3.67. The monoisotopic (exact) mass is 438 g/mol. The number of hydrogen-bond acceptors (Lipinski definition) is 5. The summed E-state index contributed by atoms with van der Waals surface area (Å²) in [6, 6.07) is 9.62. The molecule has 166 valence electrons. The fourth-order valence-electron chi connectivity index (χ4n) is 3.77. The number of carbonyl (C=O) groups excluding carboxylic acids is 2. The van der Waals surface area contributed by atoms with Gasteiger partial charge in [0.25, 0.3) is 10.2 Å². The Morgan fingerprint density at radius 3 is 2.43 bits per heavy atom. The third-order valence-corrected chi connectivity index (χ3v) is 7.48. The van der Waals surface area contributed by atoms with Crippen LogP contribution < -0.4 is 5.32 Å². The molecular weight excluding hydrogens is 408 g/mol. The molecule has 2 aliphatic heterocycles. The van der Waals surface area contributed by atoms with Crippen LogP contribution in [0.1, 0.15) is 25.3 Å². The summed E-state index contributed by atoms with van der Waals surface area (Å²) in [6.07, 6.45) is 0.900. The van der Waals surface area contributed by atoms with Crippen molar-refractivity contribution in [3.8, 4) is 0 Å². The first-order valence-corrected chi connectivity index (χ1v) is 11.8. The molecule has 1 atom stereocenters. The quantitative estimate of drug-likeness (QED) is 0.715. The van der Waals surface area contributed by atoms with E-state index in [-0.39, 0.29) is 31.5 Å². The van der Waals surface area contributed by atoms with Gasteiger partial charge in [-0.3, -0.25) is 4.79 Å². The molecule has 0 saturated carbocycles. The Bertz CT molecular complexity index is 825. The zero-order valence-electron chi connectivity index (χ0n) is 17.3. The fourth-order valence-corrected chi connectivity index (χ4v) is 5.45. The van der Waals surface area contributed by atoms with E-state index in [0.29, 0.717) is 45.6 Å². The van der Waals surface area contributed by atoms with Crippen molar-refractivity contribution in [1.29, 1.82) is 0 Å². The van der Waals surface area contributed by atoms with Crippen molar-refractivity contribution in [3.05, 3.63) is 35.9 Å². The SMILES string of the molecule is CCOC(=O)N1CCN(S(=O)(=O)N2CCCC(C(=O)NCc3ccccc3)C2)CC1. The van der Waals surface area contributed by atoms with Gasteiger partial charge < -0.3 is 15.0 Å². The summed E-state index contributed by atoms with van der Waals surface area (Å²) in [6.45, 7) is 4.09. The second kappa shape index (κ2) is 10.2. The molecule has 10 heteroatoms. The Hall–Kier alpha value is -2.17. The summed E-state index contributed by atoms with van der Waals surface area (Å²) < 4.78 is 33.9. The highest BCUT2D eigenvalue weighted by molar-refractivity contribution is 7.86. The van der Waals surface area contributed by atoms with Crippen LogP contribution in [0.4, 0.5) is 4.79 Å². The summed E-state index contributed by atoms with van der Waals surface area (Å²) in [7, 11) is -3.67. The normalized spacial score (nSPS) is 21.2. The molecule has 0 radical (unpaired) electrons. The molecule has 1 aromatic carbocycles. The molecule has 0 spiro atoms. The first kappa shape index (κ1) is 22.5. The summed E-state index contributed by atoms with van der Waals surface area (Å²) in [5.74, 6) is -0.482. The highest BCUT2D eigenvalue weighted by Gasteiger charge is 2.37. The summed E-state index contributed by atoms with van der Waals surface area (Å²) in [5.41, 5.74) is 1.01. The second-order valence-electron chi connectivity index (χ2n) is 7.49. The van der Waals surface area contributed by atoms with Crippen LogP contribution in [0.2, 0.25) is 0 Å². The lowest BCUT2D eigenvalue weighted by Gasteiger charge is -2.38. The van der Waals surface area contributed by atoms with Gasteiger partial charge in [0.05, 0.1) is 12.5 Å². The molecule has 1 N–H and O–H groups in total. The van der Waals surface area contributed by atoms with Crippen LogP contribution in [-0.2, 0) is 26.3 Å². The van der Waals surface area contributed by atoms with Gasteiger partial charge in [-0.2, -0.15) is 17.0 Å². The Balaban J connectivity index is 1.53. The van der Waals surface area contributed by atoms with Crippen molar-refractivity contribution >= 4 is 22.2 Å². The Morgan fingerprint density at radius 2 is 1.77 bits per heavy atom. The van der Waals surface area contributed by atoms with E-state index in [0.717, 1.165) is 5.56 Å².